The third-order valence-corrected chi connectivity index (χ3v) is 6.39. The number of hydrogen-bond acceptors (Lipinski definition) is 6. The average Bonchev–Trinajstić information content (AvgIpc) is 3.45. The van der Waals surface area contributed by atoms with Crippen molar-refractivity contribution < 1.29 is 23.5 Å². The molecule has 0 atom stereocenters. The maximum atomic E-state index is 12.3. The molecule has 1 aromatic carbocycles. The lowest BCUT2D eigenvalue weighted by atomic mass is 9.88. The molecule has 6 rings (SSSR count). The van der Waals surface area contributed by atoms with Gasteiger partial charge in [0.1, 0.15) is 11.2 Å². The zero-order valence-corrected chi connectivity index (χ0v) is 19.0. The van der Waals surface area contributed by atoms with E-state index in [0.717, 1.165) is 22.1 Å². The number of aromatic nitrogens is 2. The summed E-state index contributed by atoms with van der Waals surface area (Å²) in [5.74, 6) is -0.424. The first-order chi connectivity index (χ1) is 16.3. The molecule has 7 heteroatoms. The molecule has 1 N–H and O–H groups in total. The Morgan fingerprint density at radius 1 is 1.06 bits per heavy atom. The molecule has 0 radical (unpaired) electrons. The van der Waals surface area contributed by atoms with Gasteiger partial charge in [0.15, 0.2) is 11.3 Å². The molecule has 0 bridgehead atoms. The van der Waals surface area contributed by atoms with E-state index in [2.05, 4.69) is 0 Å². The van der Waals surface area contributed by atoms with E-state index in [0.29, 0.717) is 52.6 Å². The number of ether oxygens (including phenoxy) is 1. The van der Waals surface area contributed by atoms with Crippen LogP contribution in [0.1, 0.15) is 41.0 Å². The van der Waals surface area contributed by atoms with Crippen molar-refractivity contribution >= 4 is 28.2 Å². The van der Waals surface area contributed by atoms with Crippen molar-refractivity contribution in [2.75, 3.05) is 0 Å². The SMILES string of the molecule is Cc1nc2c(oc3nc(-c4ccco4)c4c(c32)CC(C)(C)OC4)c(-c2ccccc2)c1C(=O)O. The number of carbonyl (C=O) groups is 1. The Morgan fingerprint density at radius 2 is 1.85 bits per heavy atom. The molecule has 0 unspecified atom stereocenters. The molecule has 0 aliphatic carbocycles. The largest absolute Gasteiger partial charge is 0.478 e. The Labute approximate surface area is 195 Å². The maximum Gasteiger partial charge on any atom is 0.338 e. The summed E-state index contributed by atoms with van der Waals surface area (Å²) in [5.41, 5.74) is 5.51. The van der Waals surface area contributed by atoms with Gasteiger partial charge in [0.05, 0.1) is 35.1 Å². The smallest absolute Gasteiger partial charge is 0.338 e. The van der Waals surface area contributed by atoms with Gasteiger partial charge in [-0.15, -0.1) is 0 Å². The monoisotopic (exact) mass is 454 g/mol. The van der Waals surface area contributed by atoms with Crippen LogP contribution in [0.15, 0.2) is 57.6 Å². The van der Waals surface area contributed by atoms with Gasteiger partial charge < -0.3 is 18.7 Å². The number of rotatable bonds is 3. The van der Waals surface area contributed by atoms with Crippen LogP contribution in [0.4, 0.5) is 0 Å². The molecule has 170 valence electrons. The molecule has 1 aliphatic heterocycles. The zero-order valence-electron chi connectivity index (χ0n) is 19.0. The summed E-state index contributed by atoms with van der Waals surface area (Å²) in [5, 5.41) is 10.8. The summed E-state index contributed by atoms with van der Waals surface area (Å²) in [6.07, 6.45) is 2.24. The average molecular weight is 454 g/mol. The minimum Gasteiger partial charge on any atom is -0.478 e. The Hall–Kier alpha value is -3.97. The number of aromatic carboxylic acids is 1. The number of pyridine rings is 2. The Morgan fingerprint density at radius 3 is 2.56 bits per heavy atom. The van der Waals surface area contributed by atoms with Crippen LogP contribution in [0.5, 0.6) is 0 Å². The Kier molecular flexibility index (Phi) is 4.41. The fourth-order valence-electron chi connectivity index (χ4n) is 4.87. The second-order valence-electron chi connectivity index (χ2n) is 9.20. The molecule has 1 aliphatic rings. The highest BCUT2D eigenvalue weighted by molar-refractivity contribution is 6.13. The summed E-state index contributed by atoms with van der Waals surface area (Å²) in [4.78, 5) is 21.8. The van der Waals surface area contributed by atoms with Crippen LogP contribution in [-0.4, -0.2) is 26.6 Å². The summed E-state index contributed by atoms with van der Waals surface area (Å²) < 4.78 is 18.1. The lowest BCUT2D eigenvalue weighted by Crippen LogP contribution is -2.32. The van der Waals surface area contributed by atoms with Crippen LogP contribution in [0.2, 0.25) is 0 Å². The molecule has 0 saturated carbocycles. The van der Waals surface area contributed by atoms with E-state index >= 15 is 0 Å². The third-order valence-electron chi connectivity index (χ3n) is 6.39. The number of benzene rings is 1. The van der Waals surface area contributed by atoms with Gasteiger partial charge >= 0.3 is 5.97 Å². The first kappa shape index (κ1) is 20.6. The summed E-state index contributed by atoms with van der Waals surface area (Å²) in [7, 11) is 0. The molecule has 5 heterocycles. The van der Waals surface area contributed by atoms with Gasteiger partial charge in [-0.25, -0.2) is 14.8 Å². The van der Waals surface area contributed by atoms with Crippen LogP contribution >= 0.6 is 0 Å². The number of furan rings is 2. The van der Waals surface area contributed by atoms with Crippen LogP contribution < -0.4 is 0 Å². The molecule has 0 amide bonds. The van der Waals surface area contributed by atoms with Gasteiger partial charge in [0, 0.05) is 17.5 Å². The minimum atomic E-state index is -1.05. The third kappa shape index (κ3) is 3.04. The number of aryl methyl sites for hydroxylation is 1. The van der Waals surface area contributed by atoms with Gasteiger partial charge in [0.2, 0.25) is 5.71 Å². The van der Waals surface area contributed by atoms with Crippen molar-refractivity contribution in [1.82, 2.24) is 9.97 Å². The molecule has 34 heavy (non-hydrogen) atoms. The van der Waals surface area contributed by atoms with E-state index in [9.17, 15) is 9.90 Å². The second-order valence-corrected chi connectivity index (χ2v) is 9.20. The van der Waals surface area contributed by atoms with Crippen molar-refractivity contribution in [3.8, 4) is 22.6 Å². The summed E-state index contributed by atoms with van der Waals surface area (Å²) in [6.45, 7) is 6.20. The quantitative estimate of drug-likeness (QED) is 0.348. The molecule has 0 saturated heterocycles. The summed E-state index contributed by atoms with van der Waals surface area (Å²) >= 11 is 0. The number of hydrogen-bond donors (Lipinski definition) is 1. The fourth-order valence-corrected chi connectivity index (χ4v) is 4.87. The van der Waals surface area contributed by atoms with E-state index < -0.39 is 5.97 Å². The predicted molar refractivity (Wildman–Crippen MR) is 127 cm³/mol. The van der Waals surface area contributed by atoms with E-state index in [1.807, 2.05) is 56.3 Å². The van der Waals surface area contributed by atoms with E-state index in [1.165, 1.54) is 0 Å². The molecule has 7 nitrogen and oxygen atoms in total. The van der Waals surface area contributed by atoms with Crippen LogP contribution in [0, 0.1) is 6.92 Å². The van der Waals surface area contributed by atoms with E-state index in [1.54, 1.807) is 13.2 Å². The molecule has 5 aromatic rings. The van der Waals surface area contributed by atoms with Gasteiger partial charge in [-0.1, -0.05) is 30.3 Å². The fraction of sp³-hybridized carbons (Fsp3) is 0.222. The van der Waals surface area contributed by atoms with Crippen molar-refractivity contribution in [2.45, 2.75) is 39.4 Å². The molecule has 0 fully saturated rings. The number of nitrogens with zero attached hydrogens (tertiary/aromatic N) is 2. The summed E-state index contributed by atoms with van der Waals surface area (Å²) in [6, 6.07) is 13.1. The highest BCUT2D eigenvalue weighted by Crippen LogP contribution is 2.44. The molecular formula is C27H22N2O5. The second kappa shape index (κ2) is 7.27. The van der Waals surface area contributed by atoms with Gasteiger partial charge in [0.25, 0.3) is 0 Å². The van der Waals surface area contributed by atoms with Gasteiger partial charge in [-0.05, 0) is 44.0 Å². The van der Waals surface area contributed by atoms with Crippen LogP contribution in [0.25, 0.3) is 44.8 Å². The maximum absolute atomic E-state index is 12.3. The van der Waals surface area contributed by atoms with Crippen molar-refractivity contribution in [1.29, 1.82) is 0 Å². The van der Waals surface area contributed by atoms with Crippen molar-refractivity contribution in [3.63, 3.8) is 0 Å². The highest BCUT2D eigenvalue weighted by atomic mass is 16.5. The lowest BCUT2D eigenvalue weighted by Gasteiger charge is -2.32. The Balaban J connectivity index is 1.78. The van der Waals surface area contributed by atoms with Crippen LogP contribution in [-0.2, 0) is 17.8 Å². The number of carboxylic acid groups (broad SMARTS) is 1. The van der Waals surface area contributed by atoms with E-state index in [-0.39, 0.29) is 11.2 Å². The highest BCUT2D eigenvalue weighted by Gasteiger charge is 2.34. The molecule has 4 aromatic heterocycles. The van der Waals surface area contributed by atoms with Crippen LogP contribution in [0.3, 0.4) is 0 Å². The van der Waals surface area contributed by atoms with Gasteiger partial charge in [-0.3, -0.25) is 0 Å². The predicted octanol–water partition coefficient (Wildman–Crippen LogP) is 6.16. The number of fused-ring (bicyclic) bond motifs is 5. The standard InChI is InChI=1S/C27H22N2O5/c1-14-19(26(30)31)20(15-8-5-4-6-9-15)24-23(28-14)21-16-12-27(2,3)33-13-17(16)22(29-25(21)34-24)18-10-7-11-32-18/h4-11H,12-13H2,1-3H3,(H,30,31). The lowest BCUT2D eigenvalue weighted by molar-refractivity contribution is -0.0395. The minimum absolute atomic E-state index is 0.126. The topological polar surface area (TPSA) is 98.6 Å². The van der Waals surface area contributed by atoms with Gasteiger partial charge in [-0.2, -0.15) is 0 Å². The number of carboxylic acids is 1. The van der Waals surface area contributed by atoms with Crippen molar-refractivity contribution in [3.05, 3.63) is 71.1 Å². The first-order valence-electron chi connectivity index (χ1n) is 11.1. The Bertz CT molecular complexity index is 1580. The first-order valence-corrected chi connectivity index (χ1v) is 11.1. The molecular weight excluding hydrogens is 432 g/mol. The normalized spacial score (nSPS) is 15.0. The zero-order chi connectivity index (χ0) is 23.6. The molecule has 0 spiro atoms. The van der Waals surface area contributed by atoms with E-state index in [4.69, 9.17) is 23.5 Å². The van der Waals surface area contributed by atoms with Crippen molar-refractivity contribution in [2.24, 2.45) is 0 Å².